The molecule has 1 aromatic rings. The summed E-state index contributed by atoms with van der Waals surface area (Å²) in [6.45, 7) is 8.70. The lowest BCUT2D eigenvalue weighted by atomic mass is 9.78. The Balaban J connectivity index is 2.61. The van der Waals surface area contributed by atoms with Crippen LogP contribution in [0.3, 0.4) is 0 Å². The van der Waals surface area contributed by atoms with Crippen molar-refractivity contribution in [3.8, 4) is 0 Å². The molecule has 0 aliphatic heterocycles. The van der Waals surface area contributed by atoms with Crippen LogP contribution >= 0.6 is 0 Å². The molecule has 3 nitrogen and oxygen atoms in total. The van der Waals surface area contributed by atoms with E-state index in [9.17, 15) is 5.11 Å². The maximum atomic E-state index is 9.95. The van der Waals surface area contributed by atoms with E-state index < -0.39 is 6.10 Å². The predicted octanol–water partition coefficient (Wildman–Crippen LogP) is 2.58. The zero-order chi connectivity index (χ0) is 11.5. The molecule has 0 radical (unpaired) electrons. The van der Waals surface area contributed by atoms with Gasteiger partial charge in [0.25, 0.3) is 0 Å². The van der Waals surface area contributed by atoms with Crippen LogP contribution < -0.4 is 0 Å². The monoisotopic (exact) mass is 208 g/mol. The Hall–Kier alpha value is -0.960. The van der Waals surface area contributed by atoms with Crippen molar-refractivity contribution in [2.45, 2.75) is 40.2 Å². The molecule has 0 aliphatic carbocycles. The van der Waals surface area contributed by atoms with Crippen molar-refractivity contribution in [1.82, 2.24) is 9.97 Å². The number of aliphatic hydroxyl groups excluding tert-OH is 1. The Bertz CT molecular complexity index is 292. The number of hydrogen-bond acceptors (Lipinski definition) is 3. The minimum absolute atomic E-state index is 0.211. The van der Waals surface area contributed by atoms with Crippen molar-refractivity contribution >= 4 is 0 Å². The van der Waals surface area contributed by atoms with E-state index in [1.54, 1.807) is 18.6 Å². The lowest BCUT2D eigenvalue weighted by Gasteiger charge is -2.28. The molecule has 0 aliphatic rings. The topological polar surface area (TPSA) is 46.0 Å². The van der Waals surface area contributed by atoms with Crippen molar-refractivity contribution in [2.75, 3.05) is 0 Å². The van der Waals surface area contributed by atoms with Gasteiger partial charge in [0.1, 0.15) is 0 Å². The van der Waals surface area contributed by atoms with E-state index in [4.69, 9.17) is 0 Å². The molecule has 2 unspecified atom stereocenters. The molecule has 1 N–H and O–H groups in total. The first kappa shape index (κ1) is 12.1. The van der Waals surface area contributed by atoms with Gasteiger partial charge in [-0.25, -0.2) is 0 Å². The Morgan fingerprint density at radius 2 is 2.00 bits per heavy atom. The summed E-state index contributed by atoms with van der Waals surface area (Å²) in [5.74, 6) is 0.439. The Morgan fingerprint density at radius 1 is 1.33 bits per heavy atom. The highest BCUT2D eigenvalue weighted by atomic mass is 16.3. The second-order valence-corrected chi connectivity index (χ2v) is 5.15. The molecule has 2 atom stereocenters. The minimum Gasteiger partial charge on any atom is -0.387 e. The maximum absolute atomic E-state index is 9.95. The summed E-state index contributed by atoms with van der Waals surface area (Å²) in [5, 5.41) is 9.95. The predicted molar refractivity (Wildman–Crippen MR) is 60.2 cm³/mol. The highest BCUT2D eigenvalue weighted by molar-refractivity contribution is 4.99. The van der Waals surface area contributed by atoms with E-state index in [2.05, 4.69) is 37.7 Å². The Labute approximate surface area is 91.6 Å². The van der Waals surface area contributed by atoms with Gasteiger partial charge in [-0.3, -0.25) is 9.97 Å². The van der Waals surface area contributed by atoms with Crippen molar-refractivity contribution in [2.24, 2.45) is 11.3 Å². The lowest BCUT2D eigenvalue weighted by Crippen LogP contribution is -2.20. The first-order chi connectivity index (χ1) is 6.91. The second-order valence-electron chi connectivity index (χ2n) is 5.15. The molecule has 0 fully saturated rings. The third-order valence-corrected chi connectivity index (χ3v) is 2.98. The van der Waals surface area contributed by atoms with Crippen LogP contribution in [0.2, 0.25) is 0 Å². The number of rotatable bonds is 3. The molecule has 84 valence electrons. The van der Waals surface area contributed by atoms with Crippen LogP contribution in [-0.2, 0) is 0 Å². The van der Waals surface area contributed by atoms with Crippen molar-refractivity contribution in [3.63, 3.8) is 0 Å². The molecular formula is C12H20N2O. The van der Waals surface area contributed by atoms with Crippen molar-refractivity contribution in [3.05, 3.63) is 24.3 Å². The average molecular weight is 208 g/mol. The van der Waals surface area contributed by atoms with Gasteiger partial charge in [0.2, 0.25) is 0 Å². The molecule has 0 saturated carbocycles. The largest absolute Gasteiger partial charge is 0.387 e. The van der Waals surface area contributed by atoms with Gasteiger partial charge in [-0.15, -0.1) is 0 Å². The SMILES string of the molecule is CC(CC(O)c1cnccn1)C(C)(C)C. The Kier molecular flexibility index (Phi) is 3.80. The summed E-state index contributed by atoms with van der Waals surface area (Å²) in [6, 6.07) is 0. The highest BCUT2D eigenvalue weighted by Crippen LogP contribution is 2.32. The van der Waals surface area contributed by atoms with Crippen molar-refractivity contribution in [1.29, 1.82) is 0 Å². The minimum atomic E-state index is -0.507. The van der Waals surface area contributed by atoms with Crippen LogP contribution in [0.4, 0.5) is 0 Å². The average Bonchev–Trinajstić information content (AvgIpc) is 2.17. The fourth-order valence-corrected chi connectivity index (χ4v) is 1.29. The number of aliphatic hydroxyl groups is 1. The van der Waals surface area contributed by atoms with E-state index in [-0.39, 0.29) is 5.41 Å². The van der Waals surface area contributed by atoms with Gasteiger partial charge in [-0.05, 0) is 17.8 Å². The van der Waals surface area contributed by atoms with Crippen molar-refractivity contribution < 1.29 is 5.11 Å². The Morgan fingerprint density at radius 3 is 2.47 bits per heavy atom. The maximum Gasteiger partial charge on any atom is 0.0978 e. The molecule has 3 heteroatoms. The fourth-order valence-electron chi connectivity index (χ4n) is 1.29. The van der Waals surface area contributed by atoms with E-state index in [0.717, 1.165) is 6.42 Å². The summed E-state index contributed by atoms with van der Waals surface area (Å²) in [4.78, 5) is 8.05. The molecule has 0 bridgehead atoms. The van der Waals surface area contributed by atoms with Crippen LogP contribution in [0, 0.1) is 11.3 Å². The van der Waals surface area contributed by atoms with Crippen LogP contribution in [0.1, 0.15) is 45.9 Å². The summed E-state index contributed by atoms with van der Waals surface area (Å²) in [7, 11) is 0. The van der Waals surface area contributed by atoms with E-state index >= 15 is 0 Å². The highest BCUT2D eigenvalue weighted by Gasteiger charge is 2.23. The molecule has 0 aromatic carbocycles. The van der Waals surface area contributed by atoms with Crippen LogP contribution in [0.5, 0.6) is 0 Å². The second kappa shape index (κ2) is 4.71. The van der Waals surface area contributed by atoms with Gasteiger partial charge in [0.05, 0.1) is 18.0 Å². The summed E-state index contributed by atoms with van der Waals surface area (Å²) < 4.78 is 0. The van der Waals surface area contributed by atoms with Gasteiger partial charge < -0.3 is 5.11 Å². The smallest absolute Gasteiger partial charge is 0.0978 e. The van der Waals surface area contributed by atoms with E-state index in [1.165, 1.54) is 0 Å². The quantitative estimate of drug-likeness (QED) is 0.830. The molecule has 1 rings (SSSR count). The normalized spacial score (nSPS) is 16.1. The van der Waals surface area contributed by atoms with E-state index in [0.29, 0.717) is 11.6 Å². The molecule has 0 amide bonds. The van der Waals surface area contributed by atoms with Gasteiger partial charge in [-0.1, -0.05) is 27.7 Å². The summed E-state index contributed by atoms with van der Waals surface area (Å²) >= 11 is 0. The van der Waals surface area contributed by atoms with Crippen LogP contribution in [-0.4, -0.2) is 15.1 Å². The summed E-state index contributed by atoms with van der Waals surface area (Å²) in [5.41, 5.74) is 0.872. The van der Waals surface area contributed by atoms with E-state index in [1.807, 2.05) is 0 Å². The first-order valence-electron chi connectivity index (χ1n) is 5.35. The molecule has 0 spiro atoms. The lowest BCUT2D eigenvalue weighted by molar-refractivity contribution is 0.107. The third-order valence-electron chi connectivity index (χ3n) is 2.98. The zero-order valence-corrected chi connectivity index (χ0v) is 9.94. The van der Waals surface area contributed by atoms with Crippen LogP contribution in [0.15, 0.2) is 18.6 Å². The zero-order valence-electron chi connectivity index (χ0n) is 9.94. The number of hydrogen-bond donors (Lipinski definition) is 1. The molecular weight excluding hydrogens is 188 g/mol. The number of aromatic nitrogens is 2. The third kappa shape index (κ3) is 3.59. The standard InChI is InChI=1S/C12H20N2O/c1-9(12(2,3)4)7-11(15)10-8-13-5-6-14-10/h5-6,8-9,11,15H,7H2,1-4H3. The van der Waals surface area contributed by atoms with Crippen LogP contribution in [0.25, 0.3) is 0 Å². The van der Waals surface area contributed by atoms with Gasteiger partial charge in [-0.2, -0.15) is 0 Å². The fraction of sp³-hybridized carbons (Fsp3) is 0.667. The molecule has 15 heavy (non-hydrogen) atoms. The van der Waals surface area contributed by atoms with Gasteiger partial charge in [0, 0.05) is 12.4 Å². The van der Waals surface area contributed by atoms with Gasteiger partial charge in [0.15, 0.2) is 0 Å². The molecule has 1 heterocycles. The molecule has 0 saturated heterocycles. The number of nitrogens with zero attached hydrogens (tertiary/aromatic N) is 2. The van der Waals surface area contributed by atoms with Gasteiger partial charge >= 0.3 is 0 Å². The molecule has 1 aromatic heterocycles. The summed E-state index contributed by atoms with van der Waals surface area (Å²) in [6.07, 6.45) is 5.07. The first-order valence-corrected chi connectivity index (χ1v) is 5.35.